The van der Waals surface area contributed by atoms with Crippen molar-refractivity contribution in [1.82, 2.24) is 4.98 Å². The number of aromatic nitrogens is 1. The van der Waals surface area contributed by atoms with E-state index in [1.54, 1.807) is 0 Å². The Bertz CT molecular complexity index is 414. The summed E-state index contributed by atoms with van der Waals surface area (Å²) in [6.07, 6.45) is 0. The molecule has 74 valence electrons. The predicted molar refractivity (Wildman–Crippen MR) is 50.5 cm³/mol. The molecule has 0 fully saturated rings. The summed E-state index contributed by atoms with van der Waals surface area (Å²) in [6, 6.07) is 0.829. The molecule has 1 aliphatic rings. The molecule has 1 aliphatic heterocycles. The average Bonchev–Trinajstić information content (AvgIpc) is 2.58. The number of H-pyrrole nitrogens is 1. The summed E-state index contributed by atoms with van der Waals surface area (Å²) in [5, 5.41) is 9.36. The Morgan fingerprint density at radius 2 is 2.36 bits per heavy atom. The van der Waals surface area contributed by atoms with Gasteiger partial charge in [0, 0.05) is 0 Å². The minimum absolute atomic E-state index is 0.0634. The van der Waals surface area contributed by atoms with E-state index >= 15 is 0 Å². The number of aromatic carboxylic acids is 1. The summed E-state index contributed by atoms with van der Waals surface area (Å²) in [4.78, 5) is 25.5. The number of amides is 2. The highest BCUT2D eigenvalue weighted by atomic mass is 32.2. The molecule has 0 aromatic carbocycles. The van der Waals surface area contributed by atoms with Gasteiger partial charge in [0.05, 0.1) is 16.6 Å². The quantitative estimate of drug-likeness (QED) is 0.638. The minimum atomic E-state index is -1.05. The molecule has 0 saturated carbocycles. The number of rotatable bonds is 1. The van der Waals surface area contributed by atoms with Crippen LogP contribution in [-0.2, 0) is 0 Å². The van der Waals surface area contributed by atoms with E-state index in [0.717, 1.165) is 0 Å². The van der Waals surface area contributed by atoms with Crippen LogP contribution in [-0.4, -0.2) is 28.0 Å². The zero-order chi connectivity index (χ0) is 10.3. The lowest BCUT2D eigenvalue weighted by Gasteiger charge is -2.10. The lowest BCUT2D eigenvalue weighted by Crippen LogP contribution is -2.33. The van der Waals surface area contributed by atoms with Gasteiger partial charge in [-0.3, -0.25) is 4.90 Å². The van der Waals surface area contributed by atoms with E-state index in [-0.39, 0.29) is 5.69 Å². The lowest BCUT2D eigenvalue weighted by atomic mass is 10.4. The Morgan fingerprint density at radius 1 is 1.64 bits per heavy atom. The van der Waals surface area contributed by atoms with Gasteiger partial charge >= 0.3 is 12.0 Å². The summed E-state index contributed by atoms with van der Waals surface area (Å²) in [6.45, 7) is 0. The first-order valence-corrected chi connectivity index (χ1v) is 4.74. The molecule has 0 atom stereocenters. The van der Waals surface area contributed by atoms with Crippen LogP contribution in [0.2, 0.25) is 0 Å². The van der Waals surface area contributed by atoms with Gasteiger partial charge in [0.15, 0.2) is 0 Å². The molecule has 0 spiro atoms. The number of nitrogens with zero attached hydrogens (tertiary/aromatic N) is 1. The van der Waals surface area contributed by atoms with Crippen molar-refractivity contribution < 1.29 is 14.7 Å². The van der Waals surface area contributed by atoms with Crippen LogP contribution in [0.4, 0.5) is 10.5 Å². The first-order chi connectivity index (χ1) is 6.59. The van der Waals surface area contributed by atoms with E-state index in [2.05, 4.69) is 4.98 Å². The first kappa shape index (κ1) is 8.95. The molecule has 0 unspecified atom stereocenters. The number of carbonyl (C=O) groups is 2. The molecule has 0 saturated heterocycles. The SMILES string of the molecule is NC(=O)N1CSc2[nH]c(C(=O)O)cc21. The van der Waals surface area contributed by atoms with Crippen molar-refractivity contribution in [3.05, 3.63) is 11.8 Å². The maximum Gasteiger partial charge on any atom is 0.352 e. The minimum Gasteiger partial charge on any atom is -0.477 e. The Balaban J connectivity index is 2.40. The van der Waals surface area contributed by atoms with Gasteiger partial charge < -0.3 is 15.8 Å². The normalized spacial score (nSPS) is 14.1. The predicted octanol–water partition coefficient (Wildman–Crippen LogP) is 0.661. The number of nitrogens with two attached hydrogens (primary N) is 1. The summed E-state index contributed by atoms with van der Waals surface area (Å²) in [7, 11) is 0. The van der Waals surface area contributed by atoms with Crippen molar-refractivity contribution in [2.24, 2.45) is 5.73 Å². The molecule has 0 radical (unpaired) electrons. The third-order valence-corrected chi connectivity index (χ3v) is 2.87. The third-order valence-electron chi connectivity index (χ3n) is 1.89. The van der Waals surface area contributed by atoms with E-state index in [4.69, 9.17) is 10.8 Å². The molecule has 6 nitrogen and oxygen atoms in total. The average molecular weight is 213 g/mol. The number of thioether (sulfide) groups is 1. The summed E-state index contributed by atoms with van der Waals surface area (Å²) < 4.78 is 0. The largest absolute Gasteiger partial charge is 0.477 e. The fourth-order valence-corrected chi connectivity index (χ4v) is 2.26. The summed E-state index contributed by atoms with van der Waals surface area (Å²) in [5.41, 5.74) is 5.72. The van der Waals surface area contributed by atoms with Crippen molar-refractivity contribution in [2.45, 2.75) is 5.03 Å². The number of hydrogen-bond acceptors (Lipinski definition) is 3. The highest BCUT2D eigenvalue weighted by molar-refractivity contribution is 7.99. The van der Waals surface area contributed by atoms with Crippen molar-refractivity contribution in [1.29, 1.82) is 0 Å². The first-order valence-electron chi connectivity index (χ1n) is 3.75. The standard InChI is InChI=1S/C7H7N3O3S/c8-7(13)10-2-14-5-4(10)1-3(9-5)6(11)12/h1,9H,2H2,(H2,8,13)(H,11,12). The van der Waals surface area contributed by atoms with Crippen LogP contribution in [0.25, 0.3) is 0 Å². The third kappa shape index (κ3) is 1.22. The second-order valence-electron chi connectivity index (χ2n) is 2.74. The number of urea groups is 1. The Hall–Kier alpha value is -1.63. The second-order valence-corrected chi connectivity index (χ2v) is 3.70. The fraction of sp³-hybridized carbons (Fsp3) is 0.143. The van der Waals surface area contributed by atoms with E-state index in [9.17, 15) is 9.59 Å². The second kappa shape index (κ2) is 2.95. The van der Waals surface area contributed by atoms with Gasteiger partial charge in [-0.2, -0.15) is 0 Å². The number of carboxylic acids is 1. The molecule has 0 bridgehead atoms. The Kier molecular flexibility index (Phi) is 1.88. The number of hydrogen-bond donors (Lipinski definition) is 3. The van der Waals surface area contributed by atoms with Gasteiger partial charge in [-0.05, 0) is 6.07 Å². The molecule has 0 aliphatic carbocycles. The van der Waals surface area contributed by atoms with Crippen LogP contribution in [0.1, 0.15) is 10.5 Å². The molecule has 2 amide bonds. The van der Waals surface area contributed by atoms with Crippen molar-refractivity contribution >= 4 is 29.4 Å². The molecule has 1 aromatic heterocycles. The number of fused-ring (bicyclic) bond motifs is 1. The lowest BCUT2D eigenvalue weighted by molar-refractivity contribution is 0.0690. The highest BCUT2D eigenvalue weighted by Crippen LogP contribution is 2.38. The highest BCUT2D eigenvalue weighted by Gasteiger charge is 2.27. The zero-order valence-electron chi connectivity index (χ0n) is 6.98. The van der Waals surface area contributed by atoms with Crippen LogP contribution >= 0.6 is 11.8 Å². The van der Waals surface area contributed by atoms with Gasteiger partial charge in [-0.25, -0.2) is 9.59 Å². The number of carbonyl (C=O) groups excluding carboxylic acids is 1. The van der Waals surface area contributed by atoms with Gasteiger partial charge in [-0.1, -0.05) is 11.8 Å². The molecular formula is C7H7N3O3S. The molecule has 7 heteroatoms. The van der Waals surface area contributed by atoms with E-state index in [0.29, 0.717) is 16.6 Å². The van der Waals surface area contributed by atoms with E-state index in [1.807, 2.05) is 0 Å². The molecule has 2 rings (SSSR count). The number of anilines is 1. The topological polar surface area (TPSA) is 99.4 Å². The number of nitrogens with one attached hydrogen (secondary N) is 1. The molecule has 2 heterocycles. The maximum atomic E-state index is 10.9. The van der Waals surface area contributed by atoms with Crippen LogP contribution in [0.5, 0.6) is 0 Å². The van der Waals surface area contributed by atoms with Gasteiger partial charge in [0.1, 0.15) is 5.69 Å². The van der Waals surface area contributed by atoms with Gasteiger partial charge in [0.2, 0.25) is 0 Å². The fourth-order valence-electron chi connectivity index (χ4n) is 1.23. The number of carboxylic acid groups (broad SMARTS) is 1. The van der Waals surface area contributed by atoms with Crippen LogP contribution in [0, 0.1) is 0 Å². The number of aromatic amines is 1. The van der Waals surface area contributed by atoms with E-state index < -0.39 is 12.0 Å². The molecule has 1 aromatic rings. The van der Waals surface area contributed by atoms with Crippen LogP contribution in [0.3, 0.4) is 0 Å². The maximum absolute atomic E-state index is 10.9. The zero-order valence-corrected chi connectivity index (χ0v) is 7.80. The molecular weight excluding hydrogens is 206 g/mol. The van der Waals surface area contributed by atoms with Gasteiger partial charge in [0.25, 0.3) is 0 Å². The Labute approximate surface area is 83.1 Å². The van der Waals surface area contributed by atoms with Crippen molar-refractivity contribution in [3.8, 4) is 0 Å². The summed E-state index contributed by atoms with van der Waals surface area (Å²) in [5.74, 6) is -0.624. The monoisotopic (exact) mass is 213 g/mol. The van der Waals surface area contributed by atoms with Crippen LogP contribution in [0.15, 0.2) is 11.1 Å². The van der Waals surface area contributed by atoms with Crippen LogP contribution < -0.4 is 10.6 Å². The van der Waals surface area contributed by atoms with Crippen molar-refractivity contribution in [2.75, 3.05) is 10.8 Å². The summed E-state index contributed by atoms with van der Waals surface area (Å²) >= 11 is 1.35. The van der Waals surface area contributed by atoms with Crippen molar-refractivity contribution in [3.63, 3.8) is 0 Å². The smallest absolute Gasteiger partial charge is 0.352 e. The van der Waals surface area contributed by atoms with E-state index in [1.165, 1.54) is 22.7 Å². The van der Waals surface area contributed by atoms with Gasteiger partial charge in [-0.15, -0.1) is 0 Å². The number of primary amides is 1. The Morgan fingerprint density at radius 3 is 2.93 bits per heavy atom. The molecule has 4 N–H and O–H groups in total. The molecule has 14 heavy (non-hydrogen) atoms.